The van der Waals surface area contributed by atoms with E-state index < -0.39 is 6.04 Å². The summed E-state index contributed by atoms with van der Waals surface area (Å²) in [6.07, 6.45) is 0. The first-order chi connectivity index (χ1) is 9.90. The molecule has 21 heavy (non-hydrogen) atoms. The molecule has 0 bridgehead atoms. The lowest BCUT2D eigenvalue weighted by Crippen LogP contribution is -2.53. The summed E-state index contributed by atoms with van der Waals surface area (Å²) < 4.78 is 13.5. The normalized spacial score (nSPS) is 16.8. The second-order valence-corrected chi connectivity index (χ2v) is 5.37. The Morgan fingerprint density at radius 1 is 1.19 bits per heavy atom. The van der Waals surface area contributed by atoms with Crippen molar-refractivity contribution in [3.8, 4) is 0 Å². The second kappa shape index (κ2) is 6.22. The Labute approximate surface area is 123 Å². The van der Waals surface area contributed by atoms with Gasteiger partial charge in [0, 0.05) is 31.7 Å². The lowest BCUT2D eigenvalue weighted by molar-refractivity contribution is -0.133. The van der Waals surface area contributed by atoms with Gasteiger partial charge in [-0.25, -0.2) is 4.39 Å². The topological polar surface area (TPSA) is 66.6 Å². The van der Waals surface area contributed by atoms with E-state index in [-0.39, 0.29) is 17.6 Å². The molecular formula is C15H20FN3O2. The van der Waals surface area contributed by atoms with Crippen LogP contribution in [0.5, 0.6) is 0 Å². The average molecular weight is 293 g/mol. The van der Waals surface area contributed by atoms with Crippen LogP contribution in [0.25, 0.3) is 0 Å². The molecular weight excluding hydrogens is 273 g/mol. The summed E-state index contributed by atoms with van der Waals surface area (Å²) in [5, 5.41) is 0. The Bertz CT molecular complexity index is 552. The predicted molar refractivity (Wildman–Crippen MR) is 77.3 cm³/mol. The molecule has 1 aromatic rings. The number of rotatable bonds is 2. The molecule has 1 saturated heterocycles. The molecule has 6 heteroatoms. The zero-order chi connectivity index (χ0) is 15.6. The fourth-order valence-corrected chi connectivity index (χ4v) is 2.33. The molecule has 2 rings (SSSR count). The van der Waals surface area contributed by atoms with Gasteiger partial charge in [-0.2, -0.15) is 0 Å². The monoisotopic (exact) mass is 293 g/mol. The molecule has 0 spiro atoms. The van der Waals surface area contributed by atoms with Crippen LogP contribution < -0.4 is 5.73 Å². The molecule has 1 atom stereocenters. The van der Waals surface area contributed by atoms with Crippen LogP contribution in [0.4, 0.5) is 4.39 Å². The third-order valence-electron chi connectivity index (χ3n) is 3.69. The number of aryl methyl sites for hydroxylation is 1. The summed E-state index contributed by atoms with van der Waals surface area (Å²) in [6.45, 7) is 5.09. The smallest absolute Gasteiger partial charge is 0.254 e. The maximum atomic E-state index is 13.5. The van der Waals surface area contributed by atoms with Crippen molar-refractivity contribution >= 4 is 11.8 Å². The van der Waals surface area contributed by atoms with E-state index in [9.17, 15) is 14.0 Å². The molecule has 0 unspecified atom stereocenters. The molecule has 1 aromatic carbocycles. The quantitative estimate of drug-likeness (QED) is 0.875. The Morgan fingerprint density at radius 3 is 2.29 bits per heavy atom. The minimum Gasteiger partial charge on any atom is -0.338 e. The fourth-order valence-electron chi connectivity index (χ4n) is 2.33. The van der Waals surface area contributed by atoms with Crippen molar-refractivity contribution < 1.29 is 14.0 Å². The molecule has 114 valence electrons. The highest BCUT2D eigenvalue weighted by molar-refractivity contribution is 5.94. The lowest BCUT2D eigenvalue weighted by atomic mass is 10.1. The number of hydrogen-bond donors (Lipinski definition) is 1. The molecule has 5 nitrogen and oxygen atoms in total. The number of amides is 2. The van der Waals surface area contributed by atoms with Crippen molar-refractivity contribution in [3.05, 3.63) is 35.1 Å². The summed E-state index contributed by atoms with van der Waals surface area (Å²) in [4.78, 5) is 27.4. The van der Waals surface area contributed by atoms with E-state index in [2.05, 4.69) is 0 Å². The number of carbonyl (C=O) groups excluding carboxylic acids is 2. The van der Waals surface area contributed by atoms with Crippen LogP contribution >= 0.6 is 0 Å². The van der Waals surface area contributed by atoms with Gasteiger partial charge in [-0.1, -0.05) is 6.07 Å². The molecule has 1 fully saturated rings. The predicted octanol–water partition coefficient (Wildman–Crippen LogP) is 0.766. The molecule has 0 aliphatic carbocycles. The van der Waals surface area contributed by atoms with Crippen LogP contribution in [0.3, 0.4) is 0 Å². The highest BCUT2D eigenvalue weighted by atomic mass is 19.1. The zero-order valence-electron chi connectivity index (χ0n) is 12.3. The van der Waals surface area contributed by atoms with Gasteiger partial charge in [0.1, 0.15) is 5.82 Å². The number of benzene rings is 1. The number of nitrogens with zero attached hydrogens (tertiary/aromatic N) is 2. The third-order valence-corrected chi connectivity index (χ3v) is 3.69. The molecule has 1 heterocycles. The highest BCUT2D eigenvalue weighted by Gasteiger charge is 2.26. The SMILES string of the molecule is Cc1ccc(C(=O)N2CCN(C(=O)[C@H](C)N)CC2)cc1F. The maximum absolute atomic E-state index is 13.5. The van der Waals surface area contributed by atoms with Crippen molar-refractivity contribution in [2.24, 2.45) is 5.73 Å². The summed E-state index contributed by atoms with van der Waals surface area (Å²) in [7, 11) is 0. The first-order valence-corrected chi connectivity index (χ1v) is 7.00. The van der Waals surface area contributed by atoms with Gasteiger partial charge in [0.15, 0.2) is 0 Å². The van der Waals surface area contributed by atoms with E-state index >= 15 is 0 Å². The Morgan fingerprint density at radius 2 is 1.76 bits per heavy atom. The fraction of sp³-hybridized carbons (Fsp3) is 0.467. The van der Waals surface area contributed by atoms with Gasteiger partial charge >= 0.3 is 0 Å². The van der Waals surface area contributed by atoms with Crippen LogP contribution in [0.1, 0.15) is 22.8 Å². The minimum absolute atomic E-state index is 0.108. The summed E-state index contributed by atoms with van der Waals surface area (Å²) in [5.74, 6) is -0.697. The molecule has 1 aliphatic heterocycles. The van der Waals surface area contributed by atoms with Crippen LogP contribution in [-0.4, -0.2) is 53.8 Å². The second-order valence-electron chi connectivity index (χ2n) is 5.37. The van der Waals surface area contributed by atoms with Gasteiger partial charge < -0.3 is 15.5 Å². The van der Waals surface area contributed by atoms with Crippen molar-refractivity contribution in [3.63, 3.8) is 0 Å². The summed E-state index contributed by atoms with van der Waals surface area (Å²) in [5.41, 5.74) is 6.42. The standard InChI is InChI=1S/C15H20FN3O2/c1-10-3-4-12(9-13(10)16)15(21)19-7-5-18(6-8-19)14(20)11(2)17/h3-4,9,11H,5-8,17H2,1-2H3/t11-/m0/s1. The maximum Gasteiger partial charge on any atom is 0.254 e. The number of halogens is 1. The van der Waals surface area contributed by atoms with Crippen molar-refractivity contribution in [1.82, 2.24) is 9.80 Å². The van der Waals surface area contributed by atoms with E-state index in [4.69, 9.17) is 5.73 Å². The number of nitrogens with two attached hydrogens (primary N) is 1. The van der Waals surface area contributed by atoms with Gasteiger partial charge in [-0.3, -0.25) is 9.59 Å². The van der Waals surface area contributed by atoms with E-state index in [1.54, 1.807) is 35.8 Å². The number of carbonyl (C=O) groups is 2. The molecule has 2 amide bonds. The first kappa shape index (κ1) is 15.4. The van der Waals surface area contributed by atoms with E-state index in [1.807, 2.05) is 0 Å². The Balaban J connectivity index is 2.00. The van der Waals surface area contributed by atoms with Gasteiger partial charge in [0.25, 0.3) is 5.91 Å². The summed E-state index contributed by atoms with van der Waals surface area (Å²) >= 11 is 0. The third kappa shape index (κ3) is 3.39. The first-order valence-electron chi connectivity index (χ1n) is 7.00. The van der Waals surface area contributed by atoms with Gasteiger partial charge in [0.2, 0.25) is 5.91 Å². The van der Waals surface area contributed by atoms with Crippen molar-refractivity contribution in [1.29, 1.82) is 0 Å². The number of piperazine rings is 1. The lowest BCUT2D eigenvalue weighted by Gasteiger charge is -2.35. The average Bonchev–Trinajstić information content (AvgIpc) is 2.48. The Kier molecular flexibility index (Phi) is 4.57. The van der Waals surface area contributed by atoms with Gasteiger partial charge in [-0.05, 0) is 31.5 Å². The highest BCUT2D eigenvalue weighted by Crippen LogP contribution is 2.13. The minimum atomic E-state index is -0.529. The van der Waals surface area contributed by atoms with Gasteiger partial charge in [0.05, 0.1) is 6.04 Å². The summed E-state index contributed by atoms with van der Waals surface area (Å²) in [6, 6.07) is 3.95. The molecule has 0 radical (unpaired) electrons. The zero-order valence-corrected chi connectivity index (χ0v) is 12.3. The Hall–Kier alpha value is -1.95. The van der Waals surface area contributed by atoms with Gasteiger partial charge in [-0.15, -0.1) is 0 Å². The molecule has 0 aromatic heterocycles. The number of hydrogen-bond acceptors (Lipinski definition) is 3. The van der Waals surface area contributed by atoms with Crippen LogP contribution in [0, 0.1) is 12.7 Å². The largest absolute Gasteiger partial charge is 0.338 e. The van der Waals surface area contributed by atoms with Crippen molar-refractivity contribution in [2.75, 3.05) is 26.2 Å². The van der Waals surface area contributed by atoms with Crippen LogP contribution in [-0.2, 0) is 4.79 Å². The van der Waals surface area contributed by atoms with Crippen molar-refractivity contribution in [2.45, 2.75) is 19.9 Å². The van der Waals surface area contributed by atoms with Crippen LogP contribution in [0.15, 0.2) is 18.2 Å². The molecule has 0 saturated carbocycles. The van der Waals surface area contributed by atoms with E-state index in [0.717, 1.165) is 0 Å². The van der Waals surface area contributed by atoms with Crippen LogP contribution in [0.2, 0.25) is 0 Å². The van der Waals surface area contributed by atoms with E-state index in [0.29, 0.717) is 37.3 Å². The molecule has 2 N–H and O–H groups in total. The molecule has 1 aliphatic rings. The van der Waals surface area contributed by atoms with E-state index in [1.165, 1.54) is 6.07 Å².